The van der Waals surface area contributed by atoms with Crippen LogP contribution in [0.4, 0.5) is 10.1 Å². The number of anilines is 1. The van der Waals surface area contributed by atoms with E-state index in [9.17, 15) is 14.0 Å². The van der Waals surface area contributed by atoms with Crippen molar-refractivity contribution >= 4 is 17.5 Å². The van der Waals surface area contributed by atoms with Gasteiger partial charge in [-0.3, -0.25) is 9.59 Å². The molecule has 0 atom stereocenters. The van der Waals surface area contributed by atoms with Gasteiger partial charge in [0.2, 0.25) is 5.91 Å². The topological polar surface area (TPSA) is 89.4 Å². The van der Waals surface area contributed by atoms with E-state index in [-0.39, 0.29) is 17.8 Å². The predicted molar refractivity (Wildman–Crippen MR) is 70.8 cm³/mol. The maximum absolute atomic E-state index is 13.2. The second-order valence-corrected chi connectivity index (χ2v) is 4.32. The van der Waals surface area contributed by atoms with E-state index in [0.717, 1.165) is 25.0 Å². The van der Waals surface area contributed by atoms with Crippen LogP contribution in [0.1, 0.15) is 30.1 Å². The molecule has 4 N–H and O–H groups in total. The molecule has 0 bridgehead atoms. The van der Waals surface area contributed by atoms with Gasteiger partial charge in [-0.2, -0.15) is 0 Å². The highest BCUT2D eigenvalue weighted by Gasteiger charge is 2.18. The van der Waals surface area contributed by atoms with Crippen molar-refractivity contribution in [2.45, 2.75) is 19.8 Å². The first-order chi connectivity index (χ1) is 8.93. The van der Waals surface area contributed by atoms with Gasteiger partial charge in [-0.15, -0.1) is 0 Å². The van der Waals surface area contributed by atoms with E-state index in [1.54, 1.807) is 0 Å². The normalized spacial score (nSPS) is 10.2. The number of primary amides is 1. The monoisotopic (exact) mass is 267 g/mol. The van der Waals surface area contributed by atoms with Crippen molar-refractivity contribution in [1.29, 1.82) is 0 Å². The number of nitrogen functional groups attached to an aromatic ring is 1. The van der Waals surface area contributed by atoms with Gasteiger partial charge in [0, 0.05) is 17.8 Å². The van der Waals surface area contributed by atoms with E-state index in [2.05, 4.69) is 0 Å². The van der Waals surface area contributed by atoms with E-state index >= 15 is 0 Å². The third kappa shape index (κ3) is 4.57. The van der Waals surface area contributed by atoms with Gasteiger partial charge in [-0.1, -0.05) is 13.3 Å². The largest absolute Gasteiger partial charge is 0.399 e. The van der Waals surface area contributed by atoms with Crippen LogP contribution in [0.25, 0.3) is 0 Å². The molecule has 0 heterocycles. The highest BCUT2D eigenvalue weighted by atomic mass is 19.1. The van der Waals surface area contributed by atoms with Crippen molar-refractivity contribution in [3.8, 4) is 0 Å². The summed E-state index contributed by atoms with van der Waals surface area (Å²) in [7, 11) is 0. The second-order valence-electron chi connectivity index (χ2n) is 4.32. The van der Waals surface area contributed by atoms with Crippen LogP contribution < -0.4 is 11.5 Å². The number of rotatable bonds is 6. The first-order valence-corrected chi connectivity index (χ1v) is 6.07. The van der Waals surface area contributed by atoms with E-state index in [4.69, 9.17) is 11.5 Å². The summed E-state index contributed by atoms with van der Waals surface area (Å²) in [6.07, 6.45) is 1.61. The number of halogens is 1. The summed E-state index contributed by atoms with van der Waals surface area (Å²) in [6, 6.07) is 3.60. The molecule has 5 nitrogen and oxygen atoms in total. The Kier molecular flexibility index (Phi) is 5.29. The molecule has 19 heavy (non-hydrogen) atoms. The van der Waals surface area contributed by atoms with Gasteiger partial charge in [-0.05, 0) is 24.6 Å². The molecule has 1 rings (SSSR count). The average molecular weight is 267 g/mol. The zero-order chi connectivity index (χ0) is 14.4. The highest BCUT2D eigenvalue weighted by Crippen LogP contribution is 2.13. The zero-order valence-corrected chi connectivity index (χ0v) is 10.9. The summed E-state index contributed by atoms with van der Waals surface area (Å²) in [5, 5.41) is 0. The smallest absolute Gasteiger partial charge is 0.254 e. The molecule has 0 fully saturated rings. The molecule has 6 heteroatoms. The summed E-state index contributed by atoms with van der Waals surface area (Å²) >= 11 is 0. The SMILES string of the molecule is CCCCN(CC(N)=O)C(=O)c1cc(N)cc(F)c1. The molecule has 2 amide bonds. The number of hydrogen-bond acceptors (Lipinski definition) is 3. The lowest BCUT2D eigenvalue weighted by Gasteiger charge is -2.21. The Bertz CT molecular complexity index is 457. The van der Waals surface area contributed by atoms with E-state index < -0.39 is 17.6 Å². The van der Waals surface area contributed by atoms with Crippen LogP contribution in [0, 0.1) is 5.82 Å². The molecule has 0 unspecified atom stereocenters. The molecule has 0 aliphatic carbocycles. The molecule has 0 saturated carbocycles. The fraction of sp³-hybridized carbons (Fsp3) is 0.385. The summed E-state index contributed by atoms with van der Waals surface area (Å²) in [5.41, 5.74) is 10.9. The number of benzene rings is 1. The van der Waals surface area contributed by atoms with Crippen LogP contribution in [-0.2, 0) is 4.79 Å². The Hall–Kier alpha value is -2.11. The van der Waals surface area contributed by atoms with Crippen molar-refractivity contribution in [2.75, 3.05) is 18.8 Å². The van der Waals surface area contributed by atoms with Crippen LogP contribution in [0.15, 0.2) is 18.2 Å². The average Bonchev–Trinajstić information content (AvgIpc) is 2.32. The van der Waals surface area contributed by atoms with Crippen LogP contribution >= 0.6 is 0 Å². The van der Waals surface area contributed by atoms with Gasteiger partial charge in [0.05, 0.1) is 6.54 Å². The maximum atomic E-state index is 13.2. The third-order valence-electron chi connectivity index (χ3n) is 2.58. The number of nitrogens with two attached hydrogens (primary N) is 2. The van der Waals surface area contributed by atoms with E-state index in [1.807, 2.05) is 6.92 Å². The van der Waals surface area contributed by atoms with Crippen molar-refractivity contribution in [2.24, 2.45) is 5.73 Å². The Balaban J connectivity index is 2.93. The zero-order valence-electron chi connectivity index (χ0n) is 10.9. The first kappa shape index (κ1) is 14.9. The molecular formula is C13H18FN3O2. The fourth-order valence-electron chi connectivity index (χ4n) is 1.71. The van der Waals surface area contributed by atoms with Gasteiger partial charge in [0.25, 0.3) is 5.91 Å². The third-order valence-corrected chi connectivity index (χ3v) is 2.58. The molecule has 1 aromatic rings. The van der Waals surface area contributed by atoms with Gasteiger partial charge in [0.1, 0.15) is 5.82 Å². The summed E-state index contributed by atoms with van der Waals surface area (Å²) in [6.45, 7) is 2.18. The predicted octanol–water partition coefficient (Wildman–Crippen LogP) is 1.14. The number of unbranched alkanes of at least 4 members (excludes halogenated alkanes) is 1. The van der Waals surface area contributed by atoms with Gasteiger partial charge >= 0.3 is 0 Å². The standard InChI is InChI=1S/C13H18FN3O2/c1-2-3-4-17(8-12(16)18)13(19)9-5-10(14)7-11(15)6-9/h5-7H,2-4,8,15H2,1H3,(H2,16,18). The van der Waals surface area contributed by atoms with Crippen LogP contribution in [0.5, 0.6) is 0 Å². The Morgan fingerprint density at radius 2 is 2.00 bits per heavy atom. The second kappa shape index (κ2) is 6.72. The van der Waals surface area contributed by atoms with Crippen LogP contribution in [0.2, 0.25) is 0 Å². The first-order valence-electron chi connectivity index (χ1n) is 6.07. The number of carbonyl (C=O) groups is 2. The Morgan fingerprint density at radius 1 is 1.32 bits per heavy atom. The molecular weight excluding hydrogens is 249 g/mol. The molecule has 104 valence electrons. The summed E-state index contributed by atoms with van der Waals surface area (Å²) < 4.78 is 13.2. The van der Waals surface area contributed by atoms with Gasteiger partial charge in [0.15, 0.2) is 0 Å². The number of carbonyl (C=O) groups excluding carboxylic acids is 2. The lowest BCUT2D eigenvalue weighted by atomic mass is 10.1. The molecule has 0 saturated heterocycles. The van der Waals surface area contributed by atoms with Crippen LogP contribution in [-0.4, -0.2) is 29.8 Å². The number of hydrogen-bond donors (Lipinski definition) is 2. The van der Waals surface area contributed by atoms with E-state index in [1.165, 1.54) is 11.0 Å². The molecule has 0 radical (unpaired) electrons. The van der Waals surface area contributed by atoms with Gasteiger partial charge in [-0.25, -0.2) is 4.39 Å². The minimum atomic E-state index is -0.603. The molecule has 0 aliphatic rings. The molecule has 0 aromatic heterocycles. The minimum absolute atomic E-state index is 0.120. The van der Waals surface area contributed by atoms with Gasteiger partial charge < -0.3 is 16.4 Å². The molecule has 1 aromatic carbocycles. The lowest BCUT2D eigenvalue weighted by Crippen LogP contribution is -2.39. The van der Waals surface area contributed by atoms with Crippen molar-refractivity contribution < 1.29 is 14.0 Å². The van der Waals surface area contributed by atoms with Crippen molar-refractivity contribution in [3.63, 3.8) is 0 Å². The molecule has 0 aliphatic heterocycles. The fourth-order valence-corrected chi connectivity index (χ4v) is 1.71. The Morgan fingerprint density at radius 3 is 2.53 bits per heavy atom. The summed E-state index contributed by atoms with van der Waals surface area (Å²) in [5.74, 6) is -1.63. The lowest BCUT2D eigenvalue weighted by molar-refractivity contribution is -0.118. The Labute approximate surface area is 111 Å². The van der Waals surface area contributed by atoms with Crippen molar-refractivity contribution in [3.05, 3.63) is 29.6 Å². The minimum Gasteiger partial charge on any atom is -0.399 e. The number of amides is 2. The number of nitrogens with zero attached hydrogens (tertiary/aromatic N) is 1. The maximum Gasteiger partial charge on any atom is 0.254 e. The highest BCUT2D eigenvalue weighted by molar-refractivity contribution is 5.97. The van der Waals surface area contributed by atoms with Crippen molar-refractivity contribution in [1.82, 2.24) is 4.90 Å². The van der Waals surface area contributed by atoms with E-state index in [0.29, 0.717) is 6.54 Å². The molecule has 0 spiro atoms. The summed E-state index contributed by atoms with van der Waals surface area (Å²) in [4.78, 5) is 24.5. The quantitative estimate of drug-likeness (QED) is 0.757. The van der Waals surface area contributed by atoms with Crippen LogP contribution in [0.3, 0.4) is 0 Å².